The van der Waals surface area contributed by atoms with Gasteiger partial charge in [-0.25, -0.2) is 14.1 Å². The molecule has 8 heteroatoms. The molecule has 0 aliphatic heterocycles. The lowest BCUT2D eigenvalue weighted by Gasteiger charge is -2.12. The number of alkyl halides is 3. The third kappa shape index (κ3) is 3.24. The number of nitrogens with zero attached hydrogens (tertiary/aromatic N) is 3. The monoisotopic (exact) mass is 369 g/mol. The summed E-state index contributed by atoms with van der Waals surface area (Å²) in [4.78, 5) is 4.14. The lowest BCUT2D eigenvalue weighted by atomic mass is 10.1. The van der Waals surface area contributed by atoms with Gasteiger partial charge in [-0.1, -0.05) is 35.9 Å². The maximum Gasteiger partial charge on any atom is 0.417 e. The van der Waals surface area contributed by atoms with E-state index in [1.165, 1.54) is 41.1 Å². The lowest BCUT2D eigenvalue weighted by Crippen LogP contribution is -2.09. The van der Waals surface area contributed by atoms with Gasteiger partial charge in [0, 0.05) is 12.1 Å². The van der Waals surface area contributed by atoms with Crippen molar-refractivity contribution in [3.8, 4) is 22.8 Å². The molecule has 0 bridgehead atoms. The summed E-state index contributed by atoms with van der Waals surface area (Å²) in [5, 5.41) is 4.22. The molecule has 130 valence electrons. The third-order valence-corrected chi connectivity index (χ3v) is 3.95. The standard InChI is InChI=1S/C17H12ClF4N3/c1-2-25-16(10-6-3-4-7-11(10)17(20,21)22)23-15(24-25)14-12(18)8-5-9-13(14)19/h3-9H,2H2,1H3. The number of aryl methyl sites for hydroxylation is 1. The van der Waals surface area contributed by atoms with E-state index in [4.69, 9.17) is 11.6 Å². The lowest BCUT2D eigenvalue weighted by molar-refractivity contribution is -0.137. The van der Waals surface area contributed by atoms with Gasteiger partial charge >= 0.3 is 6.18 Å². The summed E-state index contributed by atoms with van der Waals surface area (Å²) in [7, 11) is 0. The normalized spacial score (nSPS) is 11.8. The average molecular weight is 370 g/mol. The fraction of sp³-hybridized carbons (Fsp3) is 0.176. The highest BCUT2D eigenvalue weighted by atomic mass is 35.5. The van der Waals surface area contributed by atoms with Crippen LogP contribution < -0.4 is 0 Å². The first kappa shape index (κ1) is 17.4. The van der Waals surface area contributed by atoms with Crippen molar-refractivity contribution in [3.05, 3.63) is 58.9 Å². The molecule has 2 aromatic carbocycles. The molecule has 0 aliphatic rings. The summed E-state index contributed by atoms with van der Waals surface area (Å²) in [6, 6.07) is 9.15. The molecular weight excluding hydrogens is 358 g/mol. The zero-order chi connectivity index (χ0) is 18.2. The highest BCUT2D eigenvalue weighted by Gasteiger charge is 2.34. The molecule has 1 aromatic heterocycles. The van der Waals surface area contributed by atoms with Gasteiger partial charge in [-0.2, -0.15) is 18.3 Å². The van der Waals surface area contributed by atoms with Gasteiger partial charge in [0.25, 0.3) is 0 Å². The van der Waals surface area contributed by atoms with Gasteiger partial charge in [0.15, 0.2) is 11.6 Å². The summed E-state index contributed by atoms with van der Waals surface area (Å²) in [5.41, 5.74) is -0.992. The highest BCUT2D eigenvalue weighted by Crippen LogP contribution is 2.37. The quantitative estimate of drug-likeness (QED) is 0.575. The fourth-order valence-electron chi connectivity index (χ4n) is 2.50. The van der Waals surface area contributed by atoms with Crippen LogP contribution in [0.25, 0.3) is 22.8 Å². The number of benzene rings is 2. The van der Waals surface area contributed by atoms with Gasteiger partial charge in [-0.05, 0) is 25.1 Å². The molecule has 0 N–H and O–H groups in total. The van der Waals surface area contributed by atoms with Crippen LogP contribution in [0.5, 0.6) is 0 Å². The van der Waals surface area contributed by atoms with E-state index >= 15 is 0 Å². The second-order valence-electron chi connectivity index (χ2n) is 5.21. The van der Waals surface area contributed by atoms with Crippen LogP contribution in [-0.4, -0.2) is 14.8 Å². The Morgan fingerprint density at radius 2 is 1.80 bits per heavy atom. The van der Waals surface area contributed by atoms with E-state index < -0.39 is 17.6 Å². The molecule has 0 spiro atoms. The molecule has 0 amide bonds. The van der Waals surface area contributed by atoms with Crippen molar-refractivity contribution < 1.29 is 17.6 Å². The predicted octanol–water partition coefficient (Wildman–Crippen LogP) is 5.44. The first-order valence-electron chi connectivity index (χ1n) is 7.38. The molecule has 3 rings (SSSR count). The molecule has 0 atom stereocenters. The fourth-order valence-corrected chi connectivity index (χ4v) is 2.75. The van der Waals surface area contributed by atoms with Crippen molar-refractivity contribution in [2.75, 3.05) is 0 Å². The number of aromatic nitrogens is 3. The average Bonchev–Trinajstić information content (AvgIpc) is 2.98. The Labute approximate surface area is 145 Å². The molecule has 0 saturated heterocycles. The molecular formula is C17H12ClF4N3. The highest BCUT2D eigenvalue weighted by molar-refractivity contribution is 6.33. The molecule has 0 fully saturated rings. The smallest absolute Gasteiger partial charge is 0.245 e. The first-order valence-corrected chi connectivity index (χ1v) is 7.76. The van der Waals surface area contributed by atoms with Crippen LogP contribution in [0.2, 0.25) is 5.02 Å². The van der Waals surface area contributed by atoms with Crippen LogP contribution >= 0.6 is 11.6 Å². The van der Waals surface area contributed by atoms with Gasteiger partial charge in [0.05, 0.1) is 16.1 Å². The largest absolute Gasteiger partial charge is 0.417 e. The predicted molar refractivity (Wildman–Crippen MR) is 86.5 cm³/mol. The van der Waals surface area contributed by atoms with Crippen LogP contribution in [0.4, 0.5) is 17.6 Å². The van der Waals surface area contributed by atoms with E-state index in [0.717, 1.165) is 6.07 Å². The molecule has 3 aromatic rings. The number of halogens is 5. The van der Waals surface area contributed by atoms with Gasteiger partial charge in [-0.3, -0.25) is 0 Å². The number of hydrogen-bond acceptors (Lipinski definition) is 2. The molecule has 0 aliphatic carbocycles. The third-order valence-electron chi connectivity index (χ3n) is 3.63. The first-order chi connectivity index (χ1) is 11.8. The van der Waals surface area contributed by atoms with Gasteiger partial charge < -0.3 is 0 Å². The minimum Gasteiger partial charge on any atom is -0.245 e. The molecule has 0 saturated carbocycles. The van der Waals surface area contributed by atoms with Crippen molar-refractivity contribution in [1.29, 1.82) is 0 Å². The maximum atomic E-state index is 14.1. The van der Waals surface area contributed by atoms with Crippen LogP contribution in [0.3, 0.4) is 0 Å². The van der Waals surface area contributed by atoms with Crippen LogP contribution in [-0.2, 0) is 12.7 Å². The molecule has 25 heavy (non-hydrogen) atoms. The van der Waals surface area contributed by atoms with E-state index in [0.29, 0.717) is 0 Å². The van der Waals surface area contributed by atoms with Crippen molar-refractivity contribution in [2.24, 2.45) is 0 Å². The van der Waals surface area contributed by atoms with Crippen molar-refractivity contribution in [3.63, 3.8) is 0 Å². The van der Waals surface area contributed by atoms with Gasteiger partial charge in [0.1, 0.15) is 5.82 Å². The minimum atomic E-state index is -4.54. The Kier molecular flexibility index (Phi) is 4.51. The number of rotatable bonds is 3. The Bertz CT molecular complexity index is 898. The van der Waals surface area contributed by atoms with E-state index in [-0.39, 0.29) is 34.3 Å². The van der Waals surface area contributed by atoms with Crippen molar-refractivity contribution in [2.45, 2.75) is 19.6 Å². The summed E-state index contributed by atoms with van der Waals surface area (Å²) >= 11 is 6.01. The van der Waals surface area contributed by atoms with E-state index in [2.05, 4.69) is 10.1 Å². The van der Waals surface area contributed by atoms with Crippen LogP contribution in [0.15, 0.2) is 42.5 Å². The molecule has 1 heterocycles. The summed E-state index contributed by atoms with van der Waals surface area (Å²) < 4.78 is 55.3. The molecule has 0 unspecified atom stereocenters. The zero-order valence-corrected chi connectivity index (χ0v) is 13.7. The summed E-state index contributed by atoms with van der Waals surface area (Å²) in [6.07, 6.45) is -4.54. The van der Waals surface area contributed by atoms with E-state index in [1.54, 1.807) is 6.92 Å². The van der Waals surface area contributed by atoms with Crippen LogP contribution in [0, 0.1) is 5.82 Å². The van der Waals surface area contributed by atoms with Crippen molar-refractivity contribution >= 4 is 11.6 Å². The van der Waals surface area contributed by atoms with E-state index in [1.807, 2.05) is 0 Å². The Balaban J connectivity index is 2.22. The molecule has 3 nitrogen and oxygen atoms in total. The topological polar surface area (TPSA) is 30.7 Å². The number of hydrogen-bond donors (Lipinski definition) is 0. The Morgan fingerprint density at radius 3 is 2.44 bits per heavy atom. The van der Waals surface area contributed by atoms with Crippen molar-refractivity contribution in [1.82, 2.24) is 14.8 Å². The van der Waals surface area contributed by atoms with Gasteiger partial charge in [0.2, 0.25) is 0 Å². The Morgan fingerprint density at radius 1 is 1.08 bits per heavy atom. The summed E-state index contributed by atoms with van der Waals surface area (Å²) in [6.45, 7) is 1.97. The maximum absolute atomic E-state index is 14.1. The van der Waals surface area contributed by atoms with E-state index in [9.17, 15) is 17.6 Å². The zero-order valence-electron chi connectivity index (χ0n) is 13.0. The Hall–Kier alpha value is -2.41. The second-order valence-corrected chi connectivity index (χ2v) is 5.62. The van der Waals surface area contributed by atoms with Gasteiger partial charge in [-0.15, -0.1) is 0 Å². The minimum absolute atomic E-state index is 0.00439. The molecule has 0 radical (unpaired) electrons. The SMILES string of the molecule is CCn1nc(-c2c(F)cccc2Cl)nc1-c1ccccc1C(F)(F)F. The second kappa shape index (κ2) is 6.48. The van der Waals surface area contributed by atoms with Crippen LogP contribution in [0.1, 0.15) is 12.5 Å². The summed E-state index contributed by atoms with van der Waals surface area (Å²) in [5.74, 6) is -0.696.